The van der Waals surface area contributed by atoms with Crippen LogP contribution < -0.4 is 10.1 Å². The fourth-order valence-corrected chi connectivity index (χ4v) is 4.13. The average molecular weight is 411 g/mol. The topological polar surface area (TPSA) is 71.5 Å². The summed E-state index contributed by atoms with van der Waals surface area (Å²) in [6.45, 7) is 8.11. The molecule has 1 saturated carbocycles. The summed E-state index contributed by atoms with van der Waals surface area (Å²) in [5, 5.41) is 11.9. The maximum absolute atomic E-state index is 10.6. The van der Waals surface area contributed by atoms with Crippen LogP contribution in [0.5, 0.6) is 5.75 Å². The summed E-state index contributed by atoms with van der Waals surface area (Å²) in [5.74, 6) is 0.832. The van der Waals surface area contributed by atoms with E-state index in [0.717, 1.165) is 41.3 Å². The Bertz CT molecular complexity index is 819. The molecule has 0 amide bonds. The van der Waals surface area contributed by atoms with Gasteiger partial charge in [-0.25, -0.2) is 0 Å². The van der Waals surface area contributed by atoms with E-state index in [0.29, 0.717) is 18.5 Å². The van der Waals surface area contributed by atoms with Gasteiger partial charge in [-0.15, -0.1) is 0 Å². The van der Waals surface area contributed by atoms with E-state index in [-0.39, 0.29) is 12.5 Å². The molecule has 2 N–H and O–H groups in total. The molecule has 1 fully saturated rings. The van der Waals surface area contributed by atoms with Crippen LogP contribution in [0.1, 0.15) is 58.4 Å². The average Bonchev–Trinajstić information content (AvgIpc) is 2.72. The van der Waals surface area contributed by atoms with Crippen LogP contribution in [-0.4, -0.2) is 28.7 Å². The van der Waals surface area contributed by atoms with E-state index in [1.54, 1.807) is 0 Å². The number of nitrogens with zero attached hydrogens (tertiary/aromatic N) is 1. The molecular formula is C25H34N2O3. The van der Waals surface area contributed by atoms with Gasteiger partial charge in [-0.1, -0.05) is 39.0 Å². The van der Waals surface area contributed by atoms with Crippen LogP contribution in [0.2, 0.25) is 0 Å². The Kier molecular flexibility index (Phi) is 7.48. The lowest BCUT2D eigenvalue weighted by Gasteiger charge is -2.36. The first kappa shape index (κ1) is 22.3. The van der Waals surface area contributed by atoms with Crippen LogP contribution in [-0.2, 0) is 11.3 Å². The molecule has 5 heteroatoms. The molecule has 2 aromatic rings. The molecule has 0 aliphatic heterocycles. The Morgan fingerprint density at radius 2 is 1.93 bits per heavy atom. The van der Waals surface area contributed by atoms with Gasteiger partial charge in [0.2, 0.25) is 0 Å². The van der Waals surface area contributed by atoms with Gasteiger partial charge < -0.3 is 15.2 Å². The molecule has 0 bridgehead atoms. The smallest absolute Gasteiger partial charge is 0.304 e. The van der Waals surface area contributed by atoms with Crippen molar-refractivity contribution in [1.82, 2.24) is 10.3 Å². The molecule has 3 rings (SSSR count). The lowest BCUT2D eigenvalue weighted by Crippen LogP contribution is -2.30. The Balaban J connectivity index is 1.53. The number of nitrogens with one attached hydrogen (secondary N) is 1. The minimum absolute atomic E-state index is 0.126. The molecule has 5 nitrogen and oxygen atoms in total. The second-order valence-corrected chi connectivity index (χ2v) is 9.36. The predicted molar refractivity (Wildman–Crippen MR) is 119 cm³/mol. The van der Waals surface area contributed by atoms with E-state index in [4.69, 9.17) is 9.84 Å². The molecule has 162 valence electrons. The van der Waals surface area contributed by atoms with E-state index in [9.17, 15) is 4.79 Å². The largest absolute Gasteiger partial charge is 0.489 e. The number of ether oxygens (including phenoxy) is 1. The van der Waals surface area contributed by atoms with E-state index in [1.807, 2.05) is 36.5 Å². The molecule has 1 aromatic carbocycles. The highest BCUT2D eigenvalue weighted by Gasteiger charge is 2.30. The standard InChI is InChI=1S/C25H34N2O3/c1-25(2,3)20-7-9-21(10-8-20)30-22-11-12-23(27-17-22)19-6-4-5-18(15-19)16-26-14-13-24(28)29/h4-6,11-12,15,17,20-21,26H,7-10,13-14,16H2,1-3H3,(H,28,29). The number of rotatable bonds is 8. The van der Waals surface area contributed by atoms with Crippen LogP contribution in [0.4, 0.5) is 0 Å². The minimum Gasteiger partial charge on any atom is -0.489 e. The SMILES string of the molecule is CC(C)(C)C1CCC(Oc2ccc(-c3cccc(CNCCC(=O)O)c3)nc2)CC1. The van der Waals surface area contributed by atoms with Gasteiger partial charge in [0.15, 0.2) is 0 Å². The summed E-state index contributed by atoms with van der Waals surface area (Å²) >= 11 is 0. The molecule has 0 spiro atoms. The summed E-state index contributed by atoms with van der Waals surface area (Å²) in [7, 11) is 0. The number of hydrogen-bond donors (Lipinski definition) is 2. The van der Waals surface area contributed by atoms with Gasteiger partial charge in [-0.2, -0.15) is 0 Å². The number of carboxylic acid groups (broad SMARTS) is 1. The third kappa shape index (κ3) is 6.56. The predicted octanol–water partition coefficient (Wildman–Crippen LogP) is 5.30. The summed E-state index contributed by atoms with van der Waals surface area (Å²) in [4.78, 5) is 15.2. The number of benzene rings is 1. The van der Waals surface area contributed by atoms with Crippen LogP contribution in [0.25, 0.3) is 11.3 Å². The highest BCUT2D eigenvalue weighted by atomic mass is 16.5. The zero-order valence-electron chi connectivity index (χ0n) is 18.4. The minimum atomic E-state index is -0.787. The molecule has 1 aromatic heterocycles. The van der Waals surface area contributed by atoms with Gasteiger partial charge in [0, 0.05) is 18.7 Å². The summed E-state index contributed by atoms with van der Waals surface area (Å²) in [5.41, 5.74) is 3.45. The van der Waals surface area contributed by atoms with Crippen LogP contribution in [0.3, 0.4) is 0 Å². The monoisotopic (exact) mass is 410 g/mol. The summed E-state index contributed by atoms with van der Waals surface area (Å²) in [6, 6.07) is 12.2. The van der Waals surface area contributed by atoms with E-state index >= 15 is 0 Å². The molecule has 1 aliphatic rings. The zero-order valence-corrected chi connectivity index (χ0v) is 18.4. The van der Waals surface area contributed by atoms with Gasteiger partial charge in [0.1, 0.15) is 5.75 Å². The molecule has 0 radical (unpaired) electrons. The first-order valence-corrected chi connectivity index (χ1v) is 11.0. The van der Waals surface area contributed by atoms with Gasteiger partial charge in [0.25, 0.3) is 0 Å². The quantitative estimate of drug-likeness (QED) is 0.578. The molecule has 30 heavy (non-hydrogen) atoms. The lowest BCUT2D eigenvalue weighted by molar-refractivity contribution is -0.136. The Morgan fingerprint density at radius 3 is 2.57 bits per heavy atom. The number of carbonyl (C=O) groups is 1. The normalized spacial score (nSPS) is 19.4. The summed E-state index contributed by atoms with van der Waals surface area (Å²) in [6.07, 6.45) is 6.92. The van der Waals surface area contributed by atoms with Crippen molar-refractivity contribution in [2.24, 2.45) is 11.3 Å². The van der Waals surface area contributed by atoms with Crippen molar-refractivity contribution in [3.63, 3.8) is 0 Å². The van der Waals surface area contributed by atoms with Crippen molar-refractivity contribution in [3.8, 4) is 17.0 Å². The molecule has 0 atom stereocenters. The fourth-order valence-electron chi connectivity index (χ4n) is 4.13. The third-order valence-electron chi connectivity index (χ3n) is 6.01. The number of aliphatic carboxylic acids is 1. The number of pyridine rings is 1. The second-order valence-electron chi connectivity index (χ2n) is 9.36. The zero-order chi connectivity index (χ0) is 21.6. The van der Waals surface area contributed by atoms with Crippen molar-refractivity contribution >= 4 is 5.97 Å². The molecule has 0 unspecified atom stereocenters. The maximum atomic E-state index is 10.6. The molecule has 0 saturated heterocycles. The Labute approximate surface area is 179 Å². The first-order valence-electron chi connectivity index (χ1n) is 11.0. The second kappa shape index (κ2) is 10.1. The van der Waals surface area contributed by atoms with Crippen LogP contribution >= 0.6 is 0 Å². The van der Waals surface area contributed by atoms with Gasteiger partial charge in [-0.05, 0) is 60.8 Å². The van der Waals surface area contributed by atoms with Crippen molar-refractivity contribution in [1.29, 1.82) is 0 Å². The summed E-state index contributed by atoms with van der Waals surface area (Å²) < 4.78 is 6.20. The van der Waals surface area contributed by atoms with Crippen molar-refractivity contribution in [3.05, 3.63) is 48.2 Å². The van der Waals surface area contributed by atoms with Gasteiger partial charge in [-0.3, -0.25) is 9.78 Å². The molecule has 1 heterocycles. The maximum Gasteiger partial charge on any atom is 0.304 e. The lowest BCUT2D eigenvalue weighted by atomic mass is 9.72. The van der Waals surface area contributed by atoms with E-state index in [2.05, 4.69) is 37.1 Å². The number of aromatic nitrogens is 1. The van der Waals surface area contributed by atoms with E-state index in [1.165, 1.54) is 12.8 Å². The highest BCUT2D eigenvalue weighted by Crippen LogP contribution is 2.38. The van der Waals surface area contributed by atoms with Gasteiger partial charge in [0.05, 0.1) is 24.4 Å². The van der Waals surface area contributed by atoms with Crippen molar-refractivity contribution in [2.75, 3.05) is 6.54 Å². The van der Waals surface area contributed by atoms with Gasteiger partial charge >= 0.3 is 5.97 Å². The number of carboxylic acids is 1. The first-order chi connectivity index (χ1) is 14.3. The number of hydrogen-bond acceptors (Lipinski definition) is 4. The van der Waals surface area contributed by atoms with Crippen molar-refractivity contribution < 1.29 is 14.6 Å². The Hall–Kier alpha value is -2.40. The van der Waals surface area contributed by atoms with Crippen LogP contribution in [0, 0.1) is 11.3 Å². The van der Waals surface area contributed by atoms with E-state index < -0.39 is 5.97 Å². The fraction of sp³-hybridized carbons (Fsp3) is 0.520. The Morgan fingerprint density at radius 1 is 1.17 bits per heavy atom. The van der Waals surface area contributed by atoms with Crippen molar-refractivity contribution in [2.45, 2.75) is 65.5 Å². The third-order valence-corrected chi connectivity index (χ3v) is 6.01. The molecule has 1 aliphatic carbocycles. The highest BCUT2D eigenvalue weighted by molar-refractivity contribution is 5.66. The van der Waals surface area contributed by atoms with Crippen LogP contribution in [0.15, 0.2) is 42.6 Å². The molecular weight excluding hydrogens is 376 g/mol.